The number of aromatic amines is 1. The van der Waals surface area contributed by atoms with Gasteiger partial charge in [0.1, 0.15) is 16.5 Å². The van der Waals surface area contributed by atoms with E-state index in [1.165, 1.54) is 0 Å². The summed E-state index contributed by atoms with van der Waals surface area (Å²) in [6.07, 6.45) is 0. The predicted molar refractivity (Wildman–Crippen MR) is 96.9 cm³/mol. The van der Waals surface area contributed by atoms with Crippen LogP contribution in [0.5, 0.6) is 0 Å². The van der Waals surface area contributed by atoms with Gasteiger partial charge in [0.05, 0.1) is 23.3 Å². The first-order chi connectivity index (χ1) is 12.2. The number of aromatic nitrogens is 3. The van der Waals surface area contributed by atoms with Crippen molar-refractivity contribution in [1.82, 2.24) is 15.0 Å². The predicted octanol–water partition coefficient (Wildman–Crippen LogP) is 4.56. The minimum atomic E-state index is -0.475. The van der Waals surface area contributed by atoms with Crippen molar-refractivity contribution in [2.24, 2.45) is 0 Å². The SMILES string of the molecule is CCOC(=O)c1c2ccccc(-c3nc4ccccc4[nH]3)c-2nc1Cl. The molecule has 0 atom stereocenters. The van der Waals surface area contributed by atoms with Gasteiger partial charge in [-0.2, -0.15) is 0 Å². The Bertz CT molecular complexity index is 1020. The molecular weight excluding hydrogens is 338 g/mol. The molecule has 6 heteroatoms. The Kier molecular flexibility index (Phi) is 3.86. The fourth-order valence-electron chi connectivity index (χ4n) is 2.86. The van der Waals surface area contributed by atoms with E-state index in [0.717, 1.165) is 16.6 Å². The lowest BCUT2D eigenvalue weighted by atomic mass is 10.1. The average molecular weight is 352 g/mol. The number of fused-ring (bicyclic) bond motifs is 2. The number of rotatable bonds is 3. The Labute approximate surface area is 149 Å². The fourth-order valence-corrected chi connectivity index (χ4v) is 3.13. The van der Waals surface area contributed by atoms with Crippen molar-refractivity contribution in [1.29, 1.82) is 0 Å². The minimum absolute atomic E-state index is 0.136. The van der Waals surface area contributed by atoms with Crippen LogP contribution in [0.1, 0.15) is 17.3 Å². The largest absolute Gasteiger partial charge is 0.462 e. The quantitative estimate of drug-likeness (QED) is 0.549. The maximum Gasteiger partial charge on any atom is 0.341 e. The van der Waals surface area contributed by atoms with Gasteiger partial charge in [-0.1, -0.05) is 41.9 Å². The lowest BCUT2D eigenvalue weighted by Gasteiger charge is -2.02. The Morgan fingerprint density at radius 1 is 1.08 bits per heavy atom. The van der Waals surface area contributed by atoms with Gasteiger partial charge in [-0.3, -0.25) is 0 Å². The second-order valence-electron chi connectivity index (χ2n) is 5.49. The zero-order valence-electron chi connectivity index (χ0n) is 13.4. The van der Waals surface area contributed by atoms with Crippen molar-refractivity contribution in [3.05, 3.63) is 59.2 Å². The third-order valence-electron chi connectivity index (χ3n) is 3.96. The van der Waals surface area contributed by atoms with Gasteiger partial charge in [-0.25, -0.2) is 14.8 Å². The van der Waals surface area contributed by atoms with Gasteiger partial charge in [0.25, 0.3) is 0 Å². The van der Waals surface area contributed by atoms with Crippen LogP contribution >= 0.6 is 11.6 Å². The molecule has 0 saturated carbocycles. The van der Waals surface area contributed by atoms with E-state index in [1.54, 1.807) is 6.92 Å². The molecule has 0 bridgehead atoms. The van der Waals surface area contributed by atoms with Gasteiger partial charge in [0.15, 0.2) is 0 Å². The van der Waals surface area contributed by atoms with Crippen molar-refractivity contribution >= 4 is 28.6 Å². The number of esters is 1. The summed E-state index contributed by atoms with van der Waals surface area (Å²) in [4.78, 5) is 24.6. The molecule has 2 heterocycles. The lowest BCUT2D eigenvalue weighted by Crippen LogP contribution is -2.04. The second-order valence-corrected chi connectivity index (χ2v) is 5.85. The number of hydrogen-bond donors (Lipinski definition) is 1. The Morgan fingerprint density at radius 3 is 2.56 bits per heavy atom. The molecule has 0 fully saturated rings. The molecule has 5 nitrogen and oxygen atoms in total. The van der Waals surface area contributed by atoms with Crippen LogP contribution in [0.2, 0.25) is 5.15 Å². The highest BCUT2D eigenvalue weighted by Crippen LogP contribution is 2.37. The molecule has 2 aliphatic rings. The summed E-state index contributed by atoms with van der Waals surface area (Å²) in [6, 6.07) is 15.2. The van der Waals surface area contributed by atoms with Crippen LogP contribution in [0.3, 0.4) is 0 Å². The van der Waals surface area contributed by atoms with Crippen molar-refractivity contribution in [3.8, 4) is 22.6 Å². The summed E-state index contributed by atoms with van der Waals surface area (Å²) in [7, 11) is 0. The van der Waals surface area contributed by atoms with Gasteiger partial charge in [0.2, 0.25) is 0 Å². The van der Waals surface area contributed by atoms with E-state index in [2.05, 4.69) is 15.0 Å². The topological polar surface area (TPSA) is 67.9 Å². The first-order valence-corrected chi connectivity index (χ1v) is 8.27. The number of carbonyl (C=O) groups excluding carboxylic acids is 1. The maximum absolute atomic E-state index is 12.3. The van der Waals surface area contributed by atoms with Crippen molar-refractivity contribution in [2.45, 2.75) is 6.92 Å². The Hall–Kier alpha value is -2.92. The van der Waals surface area contributed by atoms with Crippen LogP contribution in [0.15, 0.2) is 48.5 Å². The normalized spacial score (nSPS) is 11.1. The third-order valence-corrected chi connectivity index (χ3v) is 4.23. The molecule has 0 spiro atoms. The van der Waals surface area contributed by atoms with Gasteiger partial charge < -0.3 is 9.72 Å². The molecule has 1 aromatic heterocycles. The molecule has 0 saturated heterocycles. The van der Waals surface area contributed by atoms with E-state index in [-0.39, 0.29) is 17.3 Å². The summed E-state index contributed by atoms with van der Waals surface area (Å²) in [5.74, 6) is 0.198. The first kappa shape index (κ1) is 15.6. The van der Waals surface area contributed by atoms with E-state index in [9.17, 15) is 4.79 Å². The lowest BCUT2D eigenvalue weighted by molar-refractivity contribution is 0.0528. The molecule has 0 unspecified atom stereocenters. The number of nitrogens with one attached hydrogen (secondary N) is 1. The van der Waals surface area contributed by atoms with Crippen LogP contribution in [0.4, 0.5) is 0 Å². The standard InChI is InChI=1S/C19H14ClN3O2/c1-2-25-19(24)15-11-7-3-4-8-12(16(11)23-17(15)20)18-21-13-9-5-6-10-14(13)22-18/h3-10H,2H2,1H3,(H,21,22). The maximum atomic E-state index is 12.3. The van der Waals surface area contributed by atoms with Crippen LogP contribution in [-0.2, 0) is 4.74 Å². The van der Waals surface area contributed by atoms with Gasteiger partial charge in [-0.05, 0) is 25.1 Å². The minimum Gasteiger partial charge on any atom is -0.462 e. The number of nitrogens with zero attached hydrogens (tertiary/aromatic N) is 2. The van der Waals surface area contributed by atoms with E-state index < -0.39 is 5.97 Å². The first-order valence-electron chi connectivity index (χ1n) is 7.89. The second kappa shape index (κ2) is 6.18. The monoisotopic (exact) mass is 351 g/mol. The van der Waals surface area contributed by atoms with E-state index in [1.807, 2.05) is 48.5 Å². The molecule has 1 aliphatic carbocycles. The summed E-state index contributed by atoms with van der Waals surface area (Å²) >= 11 is 6.24. The van der Waals surface area contributed by atoms with E-state index >= 15 is 0 Å². The van der Waals surface area contributed by atoms with E-state index in [0.29, 0.717) is 17.1 Å². The summed E-state index contributed by atoms with van der Waals surface area (Å²) in [6.45, 7) is 2.03. The summed E-state index contributed by atoms with van der Waals surface area (Å²) in [5.41, 5.74) is 4.10. The molecule has 1 N–H and O–H groups in total. The van der Waals surface area contributed by atoms with Crippen molar-refractivity contribution in [2.75, 3.05) is 6.61 Å². The molecule has 1 aliphatic heterocycles. The van der Waals surface area contributed by atoms with Crippen LogP contribution < -0.4 is 0 Å². The van der Waals surface area contributed by atoms with Gasteiger partial charge in [-0.15, -0.1) is 0 Å². The molecule has 124 valence electrons. The van der Waals surface area contributed by atoms with Crippen molar-refractivity contribution < 1.29 is 9.53 Å². The van der Waals surface area contributed by atoms with Crippen molar-refractivity contribution in [3.63, 3.8) is 0 Å². The smallest absolute Gasteiger partial charge is 0.341 e. The molecule has 2 aromatic rings. The number of H-pyrrole nitrogens is 1. The molecule has 0 amide bonds. The summed E-state index contributed by atoms with van der Waals surface area (Å²) in [5, 5.41) is 0.136. The number of ether oxygens (including phenoxy) is 1. The zero-order valence-corrected chi connectivity index (χ0v) is 14.2. The van der Waals surface area contributed by atoms with Crippen LogP contribution in [0, 0.1) is 0 Å². The third kappa shape index (κ3) is 2.62. The fraction of sp³-hybridized carbons (Fsp3) is 0.105. The Balaban J connectivity index is 1.92. The summed E-state index contributed by atoms with van der Waals surface area (Å²) < 4.78 is 5.11. The highest BCUT2D eigenvalue weighted by Gasteiger charge is 2.26. The number of carbonyl (C=O) groups is 1. The average Bonchev–Trinajstić information content (AvgIpc) is 3.10. The van der Waals surface area contributed by atoms with Crippen LogP contribution in [-0.4, -0.2) is 27.5 Å². The Morgan fingerprint density at radius 2 is 1.80 bits per heavy atom. The number of para-hydroxylation sites is 2. The number of hydrogen-bond acceptors (Lipinski definition) is 4. The number of benzene rings is 1. The zero-order chi connectivity index (χ0) is 17.4. The highest BCUT2D eigenvalue weighted by molar-refractivity contribution is 6.34. The molecule has 1 aromatic carbocycles. The van der Waals surface area contributed by atoms with Gasteiger partial charge >= 0.3 is 5.97 Å². The molecule has 0 radical (unpaired) electrons. The molecule has 4 rings (SSSR count). The number of halogens is 1. The molecular formula is C19H14ClN3O2. The molecule has 25 heavy (non-hydrogen) atoms. The van der Waals surface area contributed by atoms with E-state index in [4.69, 9.17) is 16.3 Å². The number of imidazole rings is 1. The highest BCUT2D eigenvalue weighted by atomic mass is 35.5. The van der Waals surface area contributed by atoms with Gasteiger partial charge in [0, 0.05) is 11.1 Å². The van der Waals surface area contributed by atoms with Crippen LogP contribution in [0.25, 0.3) is 33.7 Å².